The van der Waals surface area contributed by atoms with E-state index in [1.165, 1.54) is 13.8 Å². The fourth-order valence-electron chi connectivity index (χ4n) is 5.01. The molecule has 7 heteroatoms. The summed E-state index contributed by atoms with van der Waals surface area (Å²) in [4.78, 5) is 35.4. The highest BCUT2D eigenvalue weighted by molar-refractivity contribution is 5.93. The molecule has 2 saturated carbocycles. The van der Waals surface area contributed by atoms with Crippen molar-refractivity contribution < 1.29 is 34.1 Å². The monoisotopic (exact) mass is 338 g/mol. The molecule has 24 heavy (non-hydrogen) atoms. The molecule has 0 amide bonds. The zero-order valence-electron chi connectivity index (χ0n) is 14.2. The minimum Gasteiger partial charge on any atom is -0.455 e. The summed E-state index contributed by atoms with van der Waals surface area (Å²) in [6.07, 6.45) is -0.743. The first kappa shape index (κ1) is 17.1. The van der Waals surface area contributed by atoms with E-state index < -0.39 is 46.7 Å². The quantitative estimate of drug-likeness (QED) is 0.556. The molecule has 0 radical (unpaired) electrons. The molecule has 0 aromatic rings. The number of aliphatic hydroxyl groups is 2. The van der Waals surface area contributed by atoms with Crippen molar-refractivity contribution in [2.75, 3.05) is 0 Å². The Hall–Kier alpha value is -1.73. The lowest BCUT2D eigenvalue weighted by atomic mass is 9.56. The van der Waals surface area contributed by atoms with Crippen LogP contribution in [0, 0.1) is 16.7 Å². The molecule has 0 spiro atoms. The van der Waals surface area contributed by atoms with Gasteiger partial charge in [0.2, 0.25) is 5.79 Å². The molecule has 2 fully saturated rings. The lowest BCUT2D eigenvalue weighted by Gasteiger charge is -2.53. The molecule has 0 saturated heterocycles. The van der Waals surface area contributed by atoms with Gasteiger partial charge in [-0.2, -0.15) is 0 Å². The minimum absolute atomic E-state index is 0.0488. The van der Waals surface area contributed by atoms with E-state index in [0.717, 1.165) is 6.29 Å². The lowest BCUT2D eigenvalue weighted by Crippen LogP contribution is -2.65. The van der Waals surface area contributed by atoms with E-state index in [2.05, 4.69) is 0 Å². The van der Waals surface area contributed by atoms with Crippen LogP contribution in [0.3, 0.4) is 0 Å². The lowest BCUT2D eigenvalue weighted by molar-refractivity contribution is -0.265. The summed E-state index contributed by atoms with van der Waals surface area (Å²) in [7, 11) is 0. The summed E-state index contributed by atoms with van der Waals surface area (Å²) < 4.78 is 10.5. The number of hydrogen-bond acceptors (Lipinski definition) is 7. The summed E-state index contributed by atoms with van der Waals surface area (Å²) in [5, 5.41) is 22.2. The van der Waals surface area contributed by atoms with Crippen molar-refractivity contribution in [2.45, 2.75) is 58.5 Å². The standard InChI is InChI=1S/C17H22O7/c1-8-10-11(23-9(2)19)12(20)16(4)6-5-15(3,7-18)14(16)17(10,22)24-13(8)21/h7,11-12,14,20,22H,5-6H2,1-4H3/t11-,12+,14+,15?,16-,17+/m1/s1. The molecule has 132 valence electrons. The van der Waals surface area contributed by atoms with Crippen molar-refractivity contribution in [1.29, 1.82) is 0 Å². The van der Waals surface area contributed by atoms with Gasteiger partial charge in [-0.1, -0.05) is 13.8 Å². The van der Waals surface area contributed by atoms with Crippen LogP contribution in [-0.4, -0.2) is 46.4 Å². The second-order valence-electron chi connectivity index (χ2n) is 7.66. The van der Waals surface area contributed by atoms with Crippen LogP contribution in [-0.2, 0) is 23.9 Å². The highest BCUT2D eigenvalue weighted by Gasteiger charge is 2.74. The highest BCUT2D eigenvalue weighted by Crippen LogP contribution is 2.66. The average molecular weight is 338 g/mol. The topological polar surface area (TPSA) is 110 Å². The number of fused-ring (bicyclic) bond motifs is 3. The van der Waals surface area contributed by atoms with Gasteiger partial charge in [-0.15, -0.1) is 0 Å². The number of carbonyl (C=O) groups is 3. The SMILES string of the molecule is CC(=O)O[C@@H]1C2=C(C)C(=O)O[C@]2(O)[C@H]2C(C)(C=O)CC[C@]2(C)[C@H]1O. The summed E-state index contributed by atoms with van der Waals surface area (Å²) in [6.45, 7) is 6.06. The Morgan fingerprint density at radius 2 is 2.00 bits per heavy atom. The van der Waals surface area contributed by atoms with E-state index in [1.54, 1.807) is 13.8 Å². The van der Waals surface area contributed by atoms with Gasteiger partial charge in [0.15, 0.2) is 6.10 Å². The average Bonchev–Trinajstić information content (AvgIpc) is 2.90. The largest absolute Gasteiger partial charge is 0.455 e. The Morgan fingerprint density at radius 3 is 2.54 bits per heavy atom. The van der Waals surface area contributed by atoms with Crippen LogP contribution < -0.4 is 0 Å². The van der Waals surface area contributed by atoms with Gasteiger partial charge in [-0.3, -0.25) is 4.79 Å². The fourth-order valence-corrected chi connectivity index (χ4v) is 5.01. The molecule has 0 bridgehead atoms. The molecule has 2 aliphatic carbocycles. The summed E-state index contributed by atoms with van der Waals surface area (Å²) in [6, 6.07) is 0. The van der Waals surface area contributed by atoms with Crippen LogP contribution in [0.4, 0.5) is 0 Å². The molecule has 2 N–H and O–H groups in total. The third-order valence-corrected chi connectivity index (χ3v) is 6.07. The van der Waals surface area contributed by atoms with Crippen LogP contribution in [0.25, 0.3) is 0 Å². The maximum Gasteiger partial charge on any atom is 0.336 e. The van der Waals surface area contributed by atoms with Gasteiger partial charge in [0, 0.05) is 29.2 Å². The van der Waals surface area contributed by atoms with Crippen LogP contribution in [0.15, 0.2) is 11.1 Å². The highest BCUT2D eigenvalue weighted by atomic mass is 16.7. The van der Waals surface area contributed by atoms with Gasteiger partial charge in [0.05, 0.1) is 5.57 Å². The van der Waals surface area contributed by atoms with E-state index in [0.29, 0.717) is 12.8 Å². The van der Waals surface area contributed by atoms with E-state index >= 15 is 0 Å². The fraction of sp³-hybridized carbons (Fsp3) is 0.706. The third kappa shape index (κ3) is 1.88. The molecular formula is C17H22O7. The molecule has 6 atom stereocenters. The van der Waals surface area contributed by atoms with Crippen molar-refractivity contribution in [3.8, 4) is 0 Å². The van der Waals surface area contributed by atoms with Gasteiger partial charge in [-0.25, -0.2) is 4.79 Å². The Kier molecular flexibility index (Phi) is 3.49. The van der Waals surface area contributed by atoms with Crippen molar-refractivity contribution >= 4 is 18.2 Å². The number of aliphatic hydroxyl groups excluding tert-OH is 1. The number of aldehydes is 1. The second-order valence-corrected chi connectivity index (χ2v) is 7.66. The predicted octanol–water partition coefficient (Wildman–Crippen LogP) is 0.476. The van der Waals surface area contributed by atoms with Gasteiger partial charge in [-0.05, 0) is 19.8 Å². The predicted molar refractivity (Wildman–Crippen MR) is 80.3 cm³/mol. The van der Waals surface area contributed by atoms with E-state index in [9.17, 15) is 24.6 Å². The maximum atomic E-state index is 12.1. The Labute approximate surface area is 139 Å². The molecule has 3 aliphatic rings. The van der Waals surface area contributed by atoms with E-state index in [4.69, 9.17) is 9.47 Å². The Morgan fingerprint density at radius 1 is 1.38 bits per heavy atom. The van der Waals surface area contributed by atoms with Crippen LogP contribution in [0.2, 0.25) is 0 Å². The van der Waals surface area contributed by atoms with Crippen LogP contribution >= 0.6 is 0 Å². The van der Waals surface area contributed by atoms with Gasteiger partial charge < -0.3 is 24.5 Å². The molecule has 3 rings (SSSR count). The molecule has 1 aliphatic heterocycles. The number of rotatable bonds is 2. The number of hydrogen-bond donors (Lipinski definition) is 2. The number of esters is 2. The van der Waals surface area contributed by atoms with Gasteiger partial charge in [0.25, 0.3) is 0 Å². The number of ether oxygens (including phenoxy) is 2. The zero-order chi connectivity index (χ0) is 18.1. The normalized spacial score (nSPS) is 47.1. The van der Waals surface area contributed by atoms with Crippen molar-refractivity contribution in [3.63, 3.8) is 0 Å². The molecule has 1 heterocycles. The van der Waals surface area contributed by atoms with Crippen molar-refractivity contribution in [2.24, 2.45) is 16.7 Å². The van der Waals surface area contributed by atoms with Gasteiger partial charge in [0.1, 0.15) is 12.4 Å². The Balaban J connectivity index is 2.24. The summed E-state index contributed by atoms with van der Waals surface area (Å²) >= 11 is 0. The summed E-state index contributed by atoms with van der Waals surface area (Å²) in [5.74, 6) is -4.27. The number of carbonyl (C=O) groups excluding carboxylic acids is 3. The molecule has 0 aromatic heterocycles. The first-order chi connectivity index (χ1) is 11.0. The zero-order valence-corrected chi connectivity index (χ0v) is 14.2. The third-order valence-electron chi connectivity index (χ3n) is 6.07. The molecular weight excluding hydrogens is 316 g/mol. The van der Waals surface area contributed by atoms with E-state index in [-0.39, 0.29) is 11.1 Å². The minimum atomic E-state index is -2.07. The smallest absolute Gasteiger partial charge is 0.336 e. The molecule has 0 aromatic carbocycles. The summed E-state index contributed by atoms with van der Waals surface area (Å²) in [5.41, 5.74) is -1.77. The second kappa shape index (κ2) is 4.89. The van der Waals surface area contributed by atoms with Crippen LogP contribution in [0.1, 0.15) is 40.5 Å². The van der Waals surface area contributed by atoms with Gasteiger partial charge >= 0.3 is 11.9 Å². The molecule has 7 nitrogen and oxygen atoms in total. The molecule has 1 unspecified atom stereocenters. The van der Waals surface area contributed by atoms with Crippen molar-refractivity contribution in [1.82, 2.24) is 0 Å². The first-order valence-corrected chi connectivity index (χ1v) is 8.00. The van der Waals surface area contributed by atoms with Crippen molar-refractivity contribution in [3.05, 3.63) is 11.1 Å². The van der Waals surface area contributed by atoms with Crippen LogP contribution in [0.5, 0.6) is 0 Å². The first-order valence-electron chi connectivity index (χ1n) is 8.00. The maximum absolute atomic E-state index is 12.1. The van der Waals surface area contributed by atoms with E-state index in [1.807, 2.05) is 0 Å². The Bertz CT molecular complexity index is 668.